The van der Waals surface area contributed by atoms with Crippen molar-refractivity contribution in [2.24, 2.45) is 0 Å². The van der Waals surface area contributed by atoms with Crippen molar-refractivity contribution in [2.75, 3.05) is 0 Å². The zero-order chi connectivity index (χ0) is 14.1. The molecule has 0 spiro atoms. The van der Waals surface area contributed by atoms with E-state index in [1.807, 2.05) is 0 Å². The van der Waals surface area contributed by atoms with Gasteiger partial charge in [-0.2, -0.15) is 0 Å². The molecule has 0 saturated heterocycles. The van der Waals surface area contributed by atoms with Gasteiger partial charge in [-0.05, 0) is 52.6 Å². The average Bonchev–Trinajstić information content (AvgIpc) is 2.54. The minimum absolute atomic E-state index is 1.03. The number of hydrogen-bond donors (Lipinski definition) is 0. The van der Waals surface area contributed by atoms with Crippen molar-refractivity contribution < 1.29 is 0 Å². The molecule has 0 nitrogen and oxygen atoms in total. The predicted molar refractivity (Wildman–Crippen MR) is 87.7 cm³/mol. The number of rotatable bonds is 2. The molecule has 0 saturated carbocycles. The number of benzene rings is 3. The molecule has 0 aliphatic heterocycles. The molecule has 0 heteroatoms. The maximum Gasteiger partial charge on any atom is -0.00172 e. The van der Waals surface area contributed by atoms with Gasteiger partial charge in [0.05, 0.1) is 0 Å². The Balaban J connectivity index is 1.73. The standard InChI is InChI=1S/C21H18/c1-2-7-16(8-3-1)13-19-11-6-12-20-14-17-9-4-5-10-18(17)15-21(19)20/h1-12H,13-15H2. The van der Waals surface area contributed by atoms with Gasteiger partial charge < -0.3 is 0 Å². The van der Waals surface area contributed by atoms with Gasteiger partial charge in [0.2, 0.25) is 0 Å². The van der Waals surface area contributed by atoms with E-state index >= 15 is 0 Å². The van der Waals surface area contributed by atoms with Crippen molar-refractivity contribution in [3.05, 3.63) is 106 Å². The Morgan fingerprint density at radius 3 is 2.05 bits per heavy atom. The Labute approximate surface area is 126 Å². The topological polar surface area (TPSA) is 0 Å². The van der Waals surface area contributed by atoms with E-state index in [4.69, 9.17) is 0 Å². The van der Waals surface area contributed by atoms with Gasteiger partial charge in [0, 0.05) is 0 Å². The SMILES string of the molecule is c1ccc(Cc2cccc3c2Cc2ccccc2C3)cc1. The molecule has 0 bridgehead atoms. The highest BCUT2D eigenvalue weighted by Gasteiger charge is 2.17. The molecule has 3 aromatic carbocycles. The lowest BCUT2D eigenvalue weighted by atomic mass is 9.82. The molecule has 0 amide bonds. The van der Waals surface area contributed by atoms with Crippen LogP contribution in [0.3, 0.4) is 0 Å². The van der Waals surface area contributed by atoms with Crippen LogP contribution in [0.4, 0.5) is 0 Å². The molecule has 0 heterocycles. The van der Waals surface area contributed by atoms with Crippen LogP contribution in [-0.2, 0) is 19.3 Å². The highest BCUT2D eigenvalue weighted by Crippen LogP contribution is 2.30. The third-order valence-corrected chi connectivity index (χ3v) is 4.47. The molecule has 0 N–H and O–H groups in total. The summed E-state index contributed by atoms with van der Waals surface area (Å²) in [5.41, 5.74) is 8.90. The maximum absolute atomic E-state index is 2.29. The summed E-state index contributed by atoms with van der Waals surface area (Å²) in [7, 11) is 0. The average molecular weight is 270 g/mol. The fraction of sp³-hybridized carbons (Fsp3) is 0.143. The molecular weight excluding hydrogens is 252 g/mol. The van der Waals surface area contributed by atoms with Crippen LogP contribution in [0.2, 0.25) is 0 Å². The van der Waals surface area contributed by atoms with Crippen molar-refractivity contribution in [3.63, 3.8) is 0 Å². The number of fused-ring (bicyclic) bond motifs is 2. The fourth-order valence-electron chi connectivity index (χ4n) is 3.36. The molecule has 1 aliphatic carbocycles. The molecular formula is C21H18. The van der Waals surface area contributed by atoms with Gasteiger partial charge in [0.1, 0.15) is 0 Å². The van der Waals surface area contributed by atoms with Gasteiger partial charge in [0.25, 0.3) is 0 Å². The predicted octanol–water partition coefficient (Wildman–Crippen LogP) is 4.77. The smallest absolute Gasteiger partial charge is 0.00172 e. The zero-order valence-corrected chi connectivity index (χ0v) is 12.0. The molecule has 0 unspecified atom stereocenters. The van der Waals surface area contributed by atoms with Crippen molar-refractivity contribution in [2.45, 2.75) is 19.3 Å². The second-order valence-electron chi connectivity index (χ2n) is 5.84. The summed E-state index contributed by atoms with van der Waals surface area (Å²) in [6.45, 7) is 0. The fourth-order valence-corrected chi connectivity index (χ4v) is 3.36. The largest absolute Gasteiger partial charge is 0.0622 e. The van der Waals surface area contributed by atoms with E-state index in [0.717, 1.165) is 19.3 Å². The van der Waals surface area contributed by atoms with Crippen molar-refractivity contribution in [1.82, 2.24) is 0 Å². The molecule has 0 fully saturated rings. The molecule has 21 heavy (non-hydrogen) atoms. The van der Waals surface area contributed by atoms with Crippen LogP contribution in [0.5, 0.6) is 0 Å². The first kappa shape index (κ1) is 12.4. The molecule has 0 atom stereocenters. The van der Waals surface area contributed by atoms with Gasteiger partial charge >= 0.3 is 0 Å². The lowest BCUT2D eigenvalue weighted by Gasteiger charge is -2.22. The Hall–Kier alpha value is -2.34. The minimum Gasteiger partial charge on any atom is -0.0622 e. The van der Waals surface area contributed by atoms with Crippen LogP contribution < -0.4 is 0 Å². The highest BCUT2D eigenvalue weighted by molar-refractivity contribution is 5.49. The first-order valence-corrected chi connectivity index (χ1v) is 7.60. The second-order valence-corrected chi connectivity index (χ2v) is 5.84. The van der Waals surface area contributed by atoms with Gasteiger partial charge in [0.15, 0.2) is 0 Å². The van der Waals surface area contributed by atoms with E-state index in [1.165, 1.54) is 27.8 Å². The van der Waals surface area contributed by atoms with Gasteiger partial charge in [-0.3, -0.25) is 0 Å². The molecule has 102 valence electrons. The van der Waals surface area contributed by atoms with E-state index in [1.54, 1.807) is 5.56 Å². The first-order valence-electron chi connectivity index (χ1n) is 7.60. The molecule has 4 rings (SSSR count). The lowest BCUT2D eigenvalue weighted by molar-refractivity contribution is 0.968. The summed E-state index contributed by atoms with van der Waals surface area (Å²) in [6, 6.07) is 26.4. The quantitative estimate of drug-likeness (QED) is 0.492. The van der Waals surface area contributed by atoms with Crippen molar-refractivity contribution >= 4 is 0 Å². The van der Waals surface area contributed by atoms with Crippen LogP contribution in [0.1, 0.15) is 33.4 Å². The second kappa shape index (κ2) is 5.21. The van der Waals surface area contributed by atoms with Gasteiger partial charge in [-0.1, -0.05) is 72.8 Å². The van der Waals surface area contributed by atoms with Crippen LogP contribution in [0.25, 0.3) is 0 Å². The first-order chi connectivity index (χ1) is 10.4. The minimum atomic E-state index is 1.03. The molecule has 1 aliphatic rings. The van der Waals surface area contributed by atoms with Gasteiger partial charge in [-0.15, -0.1) is 0 Å². The van der Waals surface area contributed by atoms with Crippen LogP contribution in [0, 0.1) is 0 Å². The highest BCUT2D eigenvalue weighted by atomic mass is 14.2. The van der Waals surface area contributed by atoms with E-state index in [9.17, 15) is 0 Å². The Kier molecular flexibility index (Phi) is 3.08. The summed E-state index contributed by atoms with van der Waals surface area (Å²) in [5, 5.41) is 0. The van der Waals surface area contributed by atoms with Gasteiger partial charge in [-0.25, -0.2) is 0 Å². The summed E-state index contributed by atoms with van der Waals surface area (Å²) >= 11 is 0. The third kappa shape index (κ3) is 2.38. The third-order valence-electron chi connectivity index (χ3n) is 4.47. The van der Waals surface area contributed by atoms with Crippen LogP contribution in [-0.4, -0.2) is 0 Å². The summed E-state index contributed by atoms with van der Waals surface area (Å²) in [4.78, 5) is 0. The summed E-state index contributed by atoms with van der Waals surface area (Å²) in [5.74, 6) is 0. The van der Waals surface area contributed by atoms with Crippen molar-refractivity contribution in [1.29, 1.82) is 0 Å². The molecule has 0 radical (unpaired) electrons. The Morgan fingerprint density at radius 2 is 1.24 bits per heavy atom. The van der Waals surface area contributed by atoms with E-state index in [0.29, 0.717) is 0 Å². The monoisotopic (exact) mass is 270 g/mol. The number of hydrogen-bond acceptors (Lipinski definition) is 0. The van der Waals surface area contributed by atoms with Crippen LogP contribution in [0.15, 0.2) is 72.8 Å². The normalized spacial score (nSPS) is 12.6. The lowest BCUT2D eigenvalue weighted by Crippen LogP contribution is -2.10. The zero-order valence-electron chi connectivity index (χ0n) is 12.0. The molecule has 0 aromatic heterocycles. The summed E-state index contributed by atoms with van der Waals surface area (Å²) < 4.78 is 0. The molecule has 3 aromatic rings. The maximum atomic E-state index is 2.29. The van der Waals surface area contributed by atoms with Crippen LogP contribution >= 0.6 is 0 Å². The Bertz CT molecular complexity index is 769. The van der Waals surface area contributed by atoms with E-state index < -0.39 is 0 Å². The Morgan fingerprint density at radius 1 is 0.571 bits per heavy atom. The van der Waals surface area contributed by atoms with E-state index in [2.05, 4.69) is 72.8 Å². The van der Waals surface area contributed by atoms with Crippen molar-refractivity contribution in [3.8, 4) is 0 Å². The van der Waals surface area contributed by atoms with E-state index in [-0.39, 0.29) is 0 Å². The summed E-state index contributed by atoms with van der Waals surface area (Å²) in [6.07, 6.45) is 3.19.